The number of halogens is 1. The largest absolute Gasteiger partial charge is 0.378 e. The van der Waals surface area contributed by atoms with Gasteiger partial charge in [-0.25, -0.2) is 4.39 Å². The highest BCUT2D eigenvalue weighted by Gasteiger charge is 2.43. The lowest BCUT2D eigenvalue weighted by atomic mass is 9.69. The Morgan fingerprint density at radius 3 is 2.78 bits per heavy atom. The van der Waals surface area contributed by atoms with E-state index in [-0.39, 0.29) is 17.1 Å². The lowest BCUT2D eigenvalue weighted by Gasteiger charge is -2.46. The van der Waals surface area contributed by atoms with E-state index in [0.29, 0.717) is 31.2 Å². The van der Waals surface area contributed by atoms with Gasteiger partial charge in [0.2, 0.25) is 5.91 Å². The summed E-state index contributed by atoms with van der Waals surface area (Å²) in [5.41, 5.74) is 2.07. The Kier molecular flexibility index (Phi) is 4.96. The number of hydrogen-bond donors (Lipinski definition) is 0. The van der Waals surface area contributed by atoms with Crippen molar-refractivity contribution in [1.29, 1.82) is 0 Å². The Balaban J connectivity index is 1.41. The molecule has 0 atom stereocenters. The van der Waals surface area contributed by atoms with Gasteiger partial charge in [0.1, 0.15) is 5.82 Å². The number of amides is 1. The van der Waals surface area contributed by atoms with Gasteiger partial charge in [-0.05, 0) is 43.4 Å². The lowest BCUT2D eigenvalue weighted by molar-refractivity contribution is -0.147. The summed E-state index contributed by atoms with van der Waals surface area (Å²) in [5.74, 6) is -0.186. The lowest BCUT2D eigenvalue weighted by Crippen LogP contribution is -2.45. The molecule has 3 heterocycles. The SMILES string of the molecule is CN(Cc1ccc(-c2cccnc2)c(F)c1)C(=O)CC12CCC(CC1)OC2. The van der Waals surface area contributed by atoms with Crippen LogP contribution in [0.15, 0.2) is 42.7 Å². The average molecular weight is 368 g/mol. The standard InChI is InChI=1S/C22H25FN2O2/c1-25(21(26)12-22-8-6-18(7-9-22)27-15-22)14-16-4-5-19(20(23)11-16)17-3-2-10-24-13-17/h2-5,10-11,13,18H,6-9,12,14-15H2,1H3. The number of aromatic nitrogens is 1. The summed E-state index contributed by atoms with van der Waals surface area (Å²) in [7, 11) is 1.79. The van der Waals surface area contributed by atoms with Gasteiger partial charge in [-0.1, -0.05) is 18.2 Å². The minimum atomic E-state index is -0.293. The summed E-state index contributed by atoms with van der Waals surface area (Å²) < 4.78 is 20.4. The summed E-state index contributed by atoms with van der Waals surface area (Å²) in [6.07, 6.45) is 8.52. The molecule has 5 heteroatoms. The Morgan fingerprint density at radius 2 is 2.15 bits per heavy atom. The summed E-state index contributed by atoms with van der Waals surface area (Å²) in [6.45, 7) is 1.11. The van der Waals surface area contributed by atoms with E-state index in [1.165, 1.54) is 6.07 Å². The summed E-state index contributed by atoms with van der Waals surface area (Å²) in [5, 5.41) is 0. The topological polar surface area (TPSA) is 42.4 Å². The first-order chi connectivity index (χ1) is 13.0. The quantitative estimate of drug-likeness (QED) is 0.794. The molecule has 1 saturated carbocycles. The third-order valence-electron chi connectivity index (χ3n) is 6.00. The summed E-state index contributed by atoms with van der Waals surface area (Å²) in [4.78, 5) is 18.5. The fourth-order valence-electron chi connectivity index (χ4n) is 4.27. The third kappa shape index (κ3) is 3.88. The van der Waals surface area contributed by atoms with Crippen LogP contribution in [0.2, 0.25) is 0 Å². The number of benzene rings is 1. The predicted octanol–water partition coefficient (Wildman–Crippen LogP) is 4.20. The van der Waals surface area contributed by atoms with Crippen LogP contribution in [-0.2, 0) is 16.1 Å². The molecule has 0 unspecified atom stereocenters. The Bertz CT molecular complexity index is 803. The molecule has 2 aliphatic heterocycles. The van der Waals surface area contributed by atoms with Crippen molar-refractivity contribution >= 4 is 5.91 Å². The van der Waals surface area contributed by atoms with Gasteiger partial charge in [0.05, 0.1) is 12.7 Å². The fraction of sp³-hybridized carbons (Fsp3) is 0.455. The molecule has 0 radical (unpaired) electrons. The molecule has 0 N–H and O–H groups in total. The number of pyridine rings is 1. The Morgan fingerprint density at radius 1 is 1.33 bits per heavy atom. The minimum absolute atomic E-state index is 0.00943. The molecule has 3 fully saturated rings. The zero-order chi connectivity index (χ0) is 18.9. The second kappa shape index (κ2) is 7.39. The molecule has 2 aromatic rings. The third-order valence-corrected chi connectivity index (χ3v) is 6.00. The van der Waals surface area contributed by atoms with Crippen LogP contribution < -0.4 is 0 Å². The highest BCUT2D eigenvalue weighted by molar-refractivity contribution is 5.76. The number of fused-ring (bicyclic) bond motifs is 3. The number of rotatable bonds is 5. The highest BCUT2D eigenvalue weighted by atomic mass is 19.1. The zero-order valence-electron chi connectivity index (χ0n) is 15.7. The molecule has 1 amide bonds. The number of ether oxygens (including phenoxy) is 1. The second-order valence-electron chi connectivity index (χ2n) is 7.99. The number of carbonyl (C=O) groups is 1. The predicted molar refractivity (Wildman–Crippen MR) is 101 cm³/mol. The van der Waals surface area contributed by atoms with Gasteiger partial charge in [0, 0.05) is 48.9 Å². The van der Waals surface area contributed by atoms with Gasteiger partial charge in [0.25, 0.3) is 0 Å². The second-order valence-corrected chi connectivity index (χ2v) is 7.99. The van der Waals surface area contributed by atoms with E-state index in [4.69, 9.17) is 4.74 Å². The van der Waals surface area contributed by atoms with Crippen LogP contribution in [0.3, 0.4) is 0 Å². The van der Waals surface area contributed by atoms with Crippen LogP contribution in [0.25, 0.3) is 11.1 Å². The van der Waals surface area contributed by atoms with E-state index in [1.807, 2.05) is 12.1 Å². The van der Waals surface area contributed by atoms with Gasteiger partial charge >= 0.3 is 0 Å². The molecule has 142 valence electrons. The van der Waals surface area contributed by atoms with Gasteiger partial charge in [0.15, 0.2) is 0 Å². The molecule has 4 nitrogen and oxygen atoms in total. The smallest absolute Gasteiger partial charge is 0.223 e. The molecular formula is C22H25FN2O2. The Labute approximate surface area is 159 Å². The zero-order valence-corrected chi connectivity index (χ0v) is 15.7. The van der Waals surface area contributed by atoms with Crippen molar-refractivity contribution in [3.63, 3.8) is 0 Å². The highest BCUT2D eigenvalue weighted by Crippen LogP contribution is 2.45. The van der Waals surface area contributed by atoms with Gasteiger partial charge in [-0.15, -0.1) is 0 Å². The van der Waals surface area contributed by atoms with Gasteiger partial charge in [-0.3, -0.25) is 9.78 Å². The number of hydrogen-bond acceptors (Lipinski definition) is 3. The van der Waals surface area contributed by atoms with Crippen molar-refractivity contribution in [3.05, 3.63) is 54.1 Å². The number of carbonyl (C=O) groups excluding carboxylic acids is 1. The monoisotopic (exact) mass is 368 g/mol. The van der Waals surface area contributed by atoms with Crippen molar-refractivity contribution in [2.24, 2.45) is 5.41 Å². The van der Waals surface area contributed by atoms with E-state index in [9.17, 15) is 9.18 Å². The van der Waals surface area contributed by atoms with Crippen LogP contribution in [0.5, 0.6) is 0 Å². The van der Waals surface area contributed by atoms with E-state index >= 15 is 0 Å². The van der Waals surface area contributed by atoms with E-state index in [1.54, 1.807) is 36.5 Å². The average Bonchev–Trinajstić information content (AvgIpc) is 2.70. The van der Waals surface area contributed by atoms with Crippen LogP contribution >= 0.6 is 0 Å². The molecule has 0 spiro atoms. The van der Waals surface area contributed by atoms with Crippen LogP contribution in [0.1, 0.15) is 37.7 Å². The Hall–Kier alpha value is -2.27. The van der Waals surface area contributed by atoms with Crippen molar-refractivity contribution in [3.8, 4) is 11.1 Å². The first-order valence-corrected chi connectivity index (χ1v) is 9.59. The number of nitrogens with zero attached hydrogens (tertiary/aromatic N) is 2. The first kappa shape index (κ1) is 18.1. The van der Waals surface area contributed by atoms with Crippen LogP contribution in [0, 0.1) is 11.2 Å². The molecule has 1 aromatic heterocycles. The van der Waals surface area contributed by atoms with Crippen LogP contribution in [0.4, 0.5) is 4.39 Å². The van der Waals surface area contributed by atoms with Crippen LogP contribution in [-0.4, -0.2) is 35.5 Å². The molecule has 2 bridgehead atoms. The van der Waals surface area contributed by atoms with Gasteiger partial charge < -0.3 is 9.64 Å². The van der Waals surface area contributed by atoms with E-state index in [0.717, 1.165) is 36.8 Å². The fourth-order valence-corrected chi connectivity index (χ4v) is 4.27. The van der Waals surface area contributed by atoms with Crippen molar-refractivity contribution in [2.75, 3.05) is 13.7 Å². The van der Waals surface area contributed by atoms with Crippen molar-refractivity contribution in [1.82, 2.24) is 9.88 Å². The summed E-state index contributed by atoms with van der Waals surface area (Å²) in [6, 6.07) is 8.77. The maximum atomic E-state index is 14.5. The molecule has 27 heavy (non-hydrogen) atoms. The van der Waals surface area contributed by atoms with E-state index in [2.05, 4.69) is 4.98 Å². The maximum Gasteiger partial charge on any atom is 0.223 e. The van der Waals surface area contributed by atoms with Gasteiger partial charge in [-0.2, -0.15) is 0 Å². The molecule has 5 rings (SSSR count). The van der Waals surface area contributed by atoms with E-state index < -0.39 is 0 Å². The van der Waals surface area contributed by atoms with Crippen molar-refractivity contribution < 1.29 is 13.9 Å². The van der Waals surface area contributed by atoms with Crippen molar-refractivity contribution in [2.45, 2.75) is 44.8 Å². The molecule has 2 saturated heterocycles. The molecular weight excluding hydrogens is 343 g/mol. The maximum absolute atomic E-state index is 14.5. The minimum Gasteiger partial charge on any atom is -0.378 e. The summed E-state index contributed by atoms with van der Waals surface area (Å²) >= 11 is 0. The normalized spacial score (nSPS) is 24.0. The molecule has 1 aromatic carbocycles. The molecule has 1 aliphatic carbocycles. The first-order valence-electron chi connectivity index (χ1n) is 9.59. The molecule has 3 aliphatic rings.